The molecular formula is C97H138P4Si. The molecule has 0 amide bonds. The van der Waals surface area contributed by atoms with Crippen molar-refractivity contribution in [3.05, 3.63) is 115 Å². The summed E-state index contributed by atoms with van der Waals surface area (Å²) in [4.78, 5) is 0. The summed E-state index contributed by atoms with van der Waals surface area (Å²) in [5.74, 6) is 21.3. The molecule has 0 aromatic heterocycles. The molecule has 0 aliphatic rings. The molecule has 0 heterocycles. The van der Waals surface area contributed by atoms with Crippen LogP contribution in [-0.2, 0) is 65.0 Å². The lowest BCUT2D eigenvalue weighted by atomic mass is 9.75. The lowest BCUT2D eigenvalue weighted by molar-refractivity contribution is 0.553. The number of rotatable bonds is 7. The van der Waals surface area contributed by atoms with Crippen LogP contribution >= 0.6 is 31.7 Å². The van der Waals surface area contributed by atoms with Crippen LogP contribution in [0.4, 0.5) is 0 Å². The van der Waals surface area contributed by atoms with Gasteiger partial charge in [0, 0.05) is 21.2 Å². The van der Waals surface area contributed by atoms with Crippen molar-refractivity contribution >= 4 is 61.0 Å². The van der Waals surface area contributed by atoms with E-state index in [0.29, 0.717) is 16.6 Å². The first-order valence-corrected chi connectivity index (χ1v) is 45.3. The Morgan fingerprint density at radius 1 is 0.235 bits per heavy atom. The van der Waals surface area contributed by atoms with Gasteiger partial charge in [-0.3, -0.25) is 0 Å². The van der Waals surface area contributed by atoms with E-state index in [-0.39, 0.29) is 65.0 Å². The molecule has 0 bridgehead atoms. The summed E-state index contributed by atoms with van der Waals surface area (Å²) in [5, 5.41) is 4.88. The number of benzene rings is 4. The zero-order valence-corrected chi connectivity index (χ0v) is 77.3. The van der Waals surface area contributed by atoms with E-state index >= 15 is 0 Å². The lowest BCUT2D eigenvalue weighted by Gasteiger charge is -2.38. The van der Waals surface area contributed by atoms with Gasteiger partial charge in [-0.1, -0.05) is 351 Å². The molecule has 5 heteroatoms. The summed E-state index contributed by atoms with van der Waals surface area (Å²) in [6.45, 7) is 98.2. The molecule has 0 saturated carbocycles. The SMILES string of the molecule is C#CP(C#CC#CP(C#CC#CP(C#CC#CP(C#C[Si](C(C)C)(C(C)C)C(C)C)c1c(C(C)(C)C)cc(C(C)(C)C)cc1C(C)(C)C)c1c(C(C)(C)C)cc(C(C)(C)C)cc1C(C)(C)C)c1c(C(C)(C)C)cc(C(C)(C)C)cc1C(C)(C)C)c1c(C(C)(C)C)cc(C(C)(C)C)cc1C(C)(C)C. The molecule has 0 N–H and O–H groups in total. The lowest BCUT2D eigenvalue weighted by Crippen LogP contribution is -2.43. The Morgan fingerprint density at radius 2 is 0.382 bits per heavy atom. The van der Waals surface area contributed by atoms with Crippen LogP contribution in [0.15, 0.2) is 48.5 Å². The van der Waals surface area contributed by atoms with Gasteiger partial charge in [-0.05, 0) is 218 Å². The third kappa shape index (κ3) is 22.4. The highest BCUT2D eigenvalue weighted by Gasteiger charge is 2.43. The molecule has 0 spiro atoms. The Kier molecular flexibility index (Phi) is 28.1. The van der Waals surface area contributed by atoms with E-state index in [9.17, 15) is 0 Å². The van der Waals surface area contributed by atoms with Gasteiger partial charge >= 0.3 is 0 Å². The van der Waals surface area contributed by atoms with Crippen LogP contribution in [0.2, 0.25) is 16.6 Å². The maximum atomic E-state index is 6.67. The van der Waals surface area contributed by atoms with Gasteiger partial charge in [-0.2, -0.15) is 0 Å². The smallest absolute Gasteiger partial charge is 0.125 e. The Balaban J connectivity index is 2.40. The molecule has 4 aromatic carbocycles. The maximum absolute atomic E-state index is 6.67. The van der Waals surface area contributed by atoms with Crippen LogP contribution in [0.25, 0.3) is 0 Å². The summed E-state index contributed by atoms with van der Waals surface area (Å²) < 4.78 is 0. The minimum atomic E-state index is -2.20. The van der Waals surface area contributed by atoms with Gasteiger partial charge < -0.3 is 0 Å². The van der Waals surface area contributed by atoms with Crippen molar-refractivity contribution in [1.29, 1.82) is 0 Å². The first-order valence-electron chi connectivity index (χ1n) is 37.7. The third-order valence-electron chi connectivity index (χ3n) is 19.8. The van der Waals surface area contributed by atoms with E-state index in [1.807, 2.05) is 0 Å². The van der Waals surface area contributed by atoms with Gasteiger partial charge in [0.1, 0.15) is 8.07 Å². The molecule has 4 rings (SSSR count). The second kappa shape index (κ2) is 32.0. The fraction of sp³-hybridized carbons (Fsp3) is 0.588. The van der Waals surface area contributed by atoms with E-state index in [2.05, 4.69) is 426 Å². The topological polar surface area (TPSA) is 0 Å². The van der Waals surface area contributed by atoms with E-state index in [1.54, 1.807) is 0 Å². The highest BCUT2D eigenvalue weighted by atomic mass is 31.1. The third-order valence-corrected chi connectivity index (χ3v) is 32.7. The van der Waals surface area contributed by atoms with E-state index in [0.717, 1.165) is 0 Å². The first-order chi connectivity index (χ1) is 45.7. The predicted octanol–water partition coefficient (Wildman–Crippen LogP) is 26.3. The normalized spacial score (nSPS) is 14.3. The summed E-state index contributed by atoms with van der Waals surface area (Å²) in [5.41, 5.74) is 49.5. The van der Waals surface area contributed by atoms with Crippen molar-refractivity contribution in [1.82, 2.24) is 0 Å². The summed E-state index contributed by atoms with van der Waals surface area (Å²) in [6.07, 6.45) is 6.67. The molecule has 102 heavy (non-hydrogen) atoms. The van der Waals surface area contributed by atoms with Gasteiger partial charge in [0.25, 0.3) is 0 Å². The summed E-state index contributed by atoms with van der Waals surface area (Å²) in [7, 11) is -7.95. The van der Waals surface area contributed by atoms with Gasteiger partial charge in [-0.15, -0.1) is 12.0 Å². The average Bonchev–Trinajstić information content (AvgIpc) is 0.773. The van der Waals surface area contributed by atoms with Crippen molar-refractivity contribution in [3.63, 3.8) is 0 Å². The van der Waals surface area contributed by atoms with Gasteiger partial charge in [0.2, 0.25) is 0 Å². The molecule has 4 unspecified atom stereocenters. The van der Waals surface area contributed by atoms with E-state index in [1.165, 1.54) is 88.0 Å². The Bertz CT molecular complexity index is 4090. The van der Waals surface area contributed by atoms with Crippen LogP contribution in [0.1, 0.15) is 358 Å². The second-order valence-electron chi connectivity index (χ2n) is 42.2. The minimum absolute atomic E-state index is 0.0511. The Morgan fingerprint density at radius 3 is 0.520 bits per heavy atom. The standard InChI is InChI=1S/C97H138P4Si/c1-44-98(82-74(90(20,21)22)59-70(86(8,9)10)60-75(82)91(23,24)25)51-45-46-52-99(83-76(92(26,27)28)61-71(87(11,12)13)62-77(83)93(29,30)31)53-47-48-54-100(84-78(94(32,33)34)63-72(88(14,15)16)64-79(84)95(35,36)37)55-49-50-56-101(57-58-102(67(2)3,68(4)5)69(6)7)85-80(96(38,39)40)65-73(89(17,18)19)66-81(85)97(41,42)43/h1,59-69H,2-43H3. The van der Waals surface area contributed by atoms with Crippen molar-refractivity contribution in [2.45, 2.75) is 372 Å². The molecule has 4 aromatic rings. The maximum Gasteiger partial charge on any atom is 0.146 e. The zero-order chi connectivity index (χ0) is 79.0. The van der Waals surface area contributed by atoms with Crippen molar-refractivity contribution in [2.75, 3.05) is 0 Å². The molecule has 0 fully saturated rings. The minimum Gasteiger partial charge on any atom is -0.125 e. The van der Waals surface area contributed by atoms with Crippen LogP contribution in [-0.4, -0.2) is 8.07 Å². The van der Waals surface area contributed by atoms with Crippen LogP contribution < -0.4 is 21.2 Å². The van der Waals surface area contributed by atoms with Gasteiger partial charge in [0.05, 0.1) is 31.7 Å². The fourth-order valence-electron chi connectivity index (χ4n) is 13.5. The van der Waals surface area contributed by atoms with E-state index < -0.39 is 39.8 Å². The molecule has 4 atom stereocenters. The summed E-state index contributed by atoms with van der Waals surface area (Å²) >= 11 is 0. The highest BCUT2D eigenvalue weighted by Crippen LogP contribution is 2.50. The highest BCUT2D eigenvalue weighted by molar-refractivity contribution is 7.76. The summed E-state index contributed by atoms with van der Waals surface area (Å²) in [6, 6.07) is 19.5. The van der Waals surface area contributed by atoms with Gasteiger partial charge in [-0.25, -0.2) is 0 Å². The Hall–Kier alpha value is -4.70. The number of terminal acetylenes is 1. The molecule has 0 nitrogen and oxygen atoms in total. The average molecular weight is 1460 g/mol. The number of hydrogen-bond acceptors (Lipinski definition) is 0. The first kappa shape index (κ1) is 89.7. The molecule has 0 radical (unpaired) electrons. The van der Waals surface area contributed by atoms with Gasteiger partial charge in [0.15, 0.2) is 0 Å². The van der Waals surface area contributed by atoms with Crippen LogP contribution in [0, 0.1) is 92.8 Å². The quantitative estimate of drug-likeness (QED) is 0.0983. The Labute approximate surface area is 637 Å². The second-order valence-corrected chi connectivity index (χ2v) is 54.1. The molecule has 0 aliphatic heterocycles. The fourth-order valence-corrected chi connectivity index (χ4v) is 26.8. The zero-order valence-electron chi connectivity index (χ0n) is 72.7. The largest absolute Gasteiger partial charge is 0.146 e. The monoisotopic (exact) mass is 1450 g/mol. The van der Waals surface area contributed by atoms with Crippen LogP contribution in [0.5, 0.6) is 0 Å². The van der Waals surface area contributed by atoms with Crippen molar-refractivity contribution < 1.29 is 0 Å². The molecule has 550 valence electrons. The van der Waals surface area contributed by atoms with E-state index in [4.69, 9.17) is 6.42 Å². The predicted molar refractivity (Wildman–Crippen MR) is 471 cm³/mol. The van der Waals surface area contributed by atoms with Crippen molar-refractivity contribution in [2.24, 2.45) is 0 Å². The van der Waals surface area contributed by atoms with Crippen LogP contribution in [0.3, 0.4) is 0 Å². The van der Waals surface area contributed by atoms with Crippen molar-refractivity contribution in [3.8, 4) is 92.8 Å². The molecular weight excluding hydrogens is 1320 g/mol. The molecule has 0 aliphatic carbocycles. The molecule has 0 saturated heterocycles. The number of hydrogen-bond donors (Lipinski definition) is 0.